The minimum atomic E-state index is -0.379. The van der Waals surface area contributed by atoms with E-state index in [1.807, 2.05) is 60.7 Å². The van der Waals surface area contributed by atoms with Crippen LogP contribution < -0.4 is 15.0 Å². The Morgan fingerprint density at radius 3 is 2.09 bits per heavy atom. The zero-order valence-electron chi connectivity index (χ0n) is 20.3. The molecule has 1 heterocycles. The lowest BCUT2D eigenvalue weighted by molar-refractivity contribution is -0.122. The Balaban J connectivity index is 1.34. The van der Waals surface area contributed by atoms with Crippen molar-refractivity contribution in [3.8, 4) is 11.5 Å². The minimum Gasteiger partial charge on any atom is -0.457 e. The number of rotatable bonds is 6. The molecule has 0 aliphatic carbocycles. The largest absolute Gasteiger partial charge is 0.457 e. The Morgan fingerprint density at radius 1 is 0.941 bits per heavy atom. The van der Waals surface area contributed by atoms with Crippen LogP contribution in [-0.2, 0) is 21.4 Å². The van der Waals surface area contributed by atoms with Crippen LogP contribution in [0.3, 0.4) is 0 Å². The van der Waals surface area contributed by atoms with E-state index in [-0.39, 0.29) is 29.6 Å². The number of carbonyl (C=O) groups is 2. The second-order valence-corrected chi connectivity index (χ2v) is 9.82. The number of nitrogens with zero attached hydrogens (tertiary/aromatic N) is 1. The molecule has 1 N–H and O–H groups in total. The molecule has 1 aliphatic heterocycles. The van der Waals surface area contributed by atoms with Crippen LogP contribution in [0, 0.1) is 5.92 Å². The van der Waals surface area contributed by atoms with Gasteiger partial charge in [0.05, 0.1) is 5.92 Å². The van der Waals surface area contributed by atoms with Gasteiger partial charge in [-0.2, -0.15) is 0 Å². The Hall–Kier alpha value is -3.60. The number of hydrogen-bond acceptors (Lipinski definition) is 3. The van der Waals surface area contributed by atoms with E-state index in [0.29, 0.717) is 18.0 Å². The zero-order valence-corrected chi connectivity index (χ0v) is 20.3. The van der Waals surface area contributed by atoms with Crippen molar-refractivity contribution in [2.75, 3.05) is 16.8 Å². The maximum atomic E-state index is 12.8. The molecular weight excluding hydrogens is 424 g/mol. The van der Waals surface area contributed by atoms with E-state index in [1.165, 1.54) is 11.1 Å². The van der Waals surface area contributed by atoms with Gasteiger partial charge in [-0.1, -0.05) is 52.0 Å². The highest BCUT2D eigenvalue weighted by Gasteiger charge is 2.35. The number of aryl methyl sites for hydroxylation is 1. The van der Waals surface area contributed by atoms with E-state index in [9.17, 15) is 9.59 Å². The molecule has 0 saturated carbocycles. The number of hydrogen-bond donors (Lipinski definition) is 1. The zero-order chi connectivity index (χ0) is 24.3. The molecule has 0 unspecified atom stereocenters. The first-order chi connectivity index (χ1) is 16.2. The first-order valence-electron chi connectivity index (χ1n) is 11.8. The number of ether oxygens (including phenoxy) is 1. The third kappa shape index (κ3) is 5.48. The summed E-state index contributed by atoms with van der Waals surface area (Å²) in [6, 6.07) is 23.3. The lowest BCUT2D eigenvalue weighted by atomic mass is 9.87. The van der Waals surface area contributed by atoms with Crippen molar-refractivity contribution in [2.45, 2.75) is 46.0 Å². The van der Waals surface area contributed by atoms with Crippen molar-refractivity contribution in [2.24, 2.45) is 5.92 Å². The highest BCUT2D eigenvalue weighted by Crippen LogP contribution is 2.29. The molecule has 0 bridgehead atoms. The molecule has 5 heteroatoms. The van der Waals surface area contributed by atoms with Gasteiger partial charge in [0.1, 0.15) is 11.5 Å². The standard InChI is InChI=1S/C29H32N2O3/c1-5-20-6-12-24(13-7-20)31-19-21(18-27(31)32)28(33)30-23-10-16-26(17-11-23)34-25-14-8-22(9-15-25)29(2,3)4/h6-17,21H,5,18-19H2,1-4H3,(H,30,33)/t21-/m0/s1. The maximum absolute atomic E-state index is 12.8. The highest BCUT2D eigenvalue weighted by atomic mass is 16.5. The van der Waals surface area contributed by atoms with Crippen LogP contribution in [0.5, 0.6) is 11.5 Å². The van der Waals surface area contributed by atoms with Gasteiger partial charge in [0.2, 0.25) is 11.8 Å². The van der Waals surface area contributed by atoms with Gasteiger partial charge in [-0.25, -0.2) is 0 Å². The summed E-state index contributed by atoms with van der Waals surface area (Å²) in [5, 5.41) is 2.94. The van der Waals surface area contributed by atoms with Crippen LogP contribution in [0.4, 0.5) is 11.4 Å². The monoisotopic (exact) mass is 456 g/mol. The molecule has 1 atom stereocenters. The molecule has 1 saturated heterocycles. The fourth-order valence-electron chi connectivity index (χ4n) is 4.05. The van der Waals surface area contributed by atoms with Gasteiger partial charge in [-0.3, -0.25) is 9.59 Å². The van der Waals surface area contributed by atoms with E-state index in [1.54, 1.807) is 4.90 Å². The van der Waals surface area contributed by atoms with Crippen LogP contribution in [-0.4, -0.2) is 18.4 Å². The normalized spacial score (nSPS) is 15.9. The van der Waals surface area contributed by atoms with E-state index < -0.39 is 0 Å². The third-order valence-corrected chi connectivity index (χ3v) is 6.23. The molecule has 4 rings (SSSR count). The molecule has 34 heavy (non-hydrogen) atoms. The fourth-order valence-corrected chi connectivity index (χ4v) is 4.05. The van der Waals surface area contributed by atoms with Gasteiger partial charge in [-0.05, 0) is 71.5 Å². The van der Waals surface area contributed by atoms with E-state index in [0.717, 1.165) is 17.9 Å². The molecule has 0 aromatic heterocycles. The molecule has 0 spiro atoms. The van der Waals surface area contributed by atoms with Gasteiger partial charge in [0.15, 0.2) is 0 Å². The summed E-state index contributed by atoms with van der Waals surface area (Å²) >= 11 is 0. The smallest absolute Gasteiger partial charge is 0.229 e. The lowest BCUT2D eigenvalue weighted by Crippen LogP contribution is -2.28. The SMILES string of the molecule is CCc1ccc(N2C[C@@H](C(=O)Nc3ccc(Oc4ccc(C(C)(C)C)cc4)cc3)CC2=O)cc1. The van der Waals surface area contributed by atoms with Crippen LogP contribution in [0.1, 0.15) is 45.2 Å². The van der Waals surface area contributed by atoms with Crippen molar-refractivity contribution < 1.29 is 14.3 Å². The molecule has 1 aliphatic rings. The molecule has 3 aromatic rings. The first kappa shape index (κ1) is 23.6. The van der Waals surface area contributed by atoms with Gasteiger partial charge >= 0.3 is 0 Å². The molecule has 3 aromatic carbocycles. The summed E-state index contributed by atoms with van der Waals surface area (Å²) < 4.78 is 5.94. The van der Waals surface area contributed by atoms with Crippen LogP contribution in [0.25, 0.3) is 0 Å². The van der Waals surface area contributed by atoms with Gasteiger partial charge < -0.3 is 15.0 Å². The van der Waals surface area contributed by atoms with Crippen molar-refractivity contribution >= 4 is 23.2 Å². The predicted molar refractivity (Wildman–Crippen MR) is 137 cm³/mol. The number of benzene rings is 3. The van der Waals surface area contributed by atoms with Gasteiger partial charge in [0, 0.05) is 24.3 Å². The molecule has 0 radical (unpaired) electrons. The Bertz CT molecular complexity index is 1140. The Labute approximate surface area is 201 Å². The van der Waals surface area contributed by atoms with Crippen molar-refractivity contribution in [1.82, 2.24) is 0 Å². The lowest BCUT2D eigenvalue weighted by Gasteiger charge is -2.19. The van der Waals surface area contributed by atoms with Crippen LogP contribution in [0.15, 0.2) is 72.8 Å². The predicted octanol–water partition coefficient (Wildman–Crippen LogP) is 6.33. The number of amides is 2. The quantitative estimate of drug-likeness (QED) is 0.471. The number of nitrogens with one attached hydrogen (secondary N) is 1. The van der Waals surface area contributed by atoms with Gasteiger partial charge in [-0.15, -0.1) is 0 Å². The van der Waals surface area contributed by atoms with E-state index in [4.69, 9.17) is 4.74 Å². The van der Waals surface area contributed by atoms with E-state index in [2.05, 4.69) is 45.1 Å². The molecule has 2 amide bonds. The first-order valence-corrected chi connectivity index (χ1v) is 11.8. The summed E-state index contributed by atoms with van der Waals surface area (Å²) in [7, 11) is 0. The van der Waals surface area contributed by atoms with Crippen molar-refractivity contribution in [3.63, 3.8) is 0 Å². The van der Waals surface area contributed by atoms with Gasteiger partial charge in [0.25, 0.3) is 0 Å². The summed E-state index contributed by atoms with van der Waals surface area (Å²) in [4.78, 5) is 27.0. The fraction of sp³-hybridized carbons (Fsp3) is 0.310. The average Bonchev–Trinajstić information content (AvgIpc) is 3.22. The Morgan fingerprint density at radius 2 is 1.53 bits per heavy atom. The summed E-state index contributed by atoms with van der Waals surface area (Å²) in [5.41, 5.74) is 4.09. The minimum absolute atomic E-state index is 0.0226. The molecule has 5 nitrogen and oxygen atoms in total. The number of anilines is 2. The average molecular weight is 457 g/mol. The summed E-state index contributed by atoms with van der Waals surface area (Å²) in [5.74, 6) is 0.911. The maximum Gasteiger partial charge on any atom is 0.229 e. The van der Waals surface area contributed by atoms with Crippen molar-refractivity contribution in [3.05, 3.63) is 83.9 Å². The highest BCUT2D eigenvalue weighted by molar-refractivity contribution is 6.03. The van der Waals surface area contributed by atoms with Crippen molar-refractivity contribution in [1.29, 1.82) is 0 Å². The molecule has 176 valence electrons. The van der Waals surface area contributed by atoms with E-state index >= 15 is 0 Å². The topological polar surface area (TPSA) is 58.6 Å². The second kappa shape index (κ2) is 9.72. The molecule has 1 fully saturated rings. The summed E-state index contributed by atoms with van der Waals surface area (Å²) in [6.45, 7) is 9.02. The third-order valence-electron chi connectivity index (χ3n) is 6.23. The Kier molecular flexibility index (Phi) is 6.73. The second-order valence-electron chi connectivity index (χ2n) is 9.82. The van der Waals surface area contributed by atoms with Crippen LogP contribution >= 0.6 is 0 Å². The number of carbonyl (C=O) groups excluding carboxylic acids is 2. The van der Waals surface area contributed by atoms with Crippen LogP contribution in [0.2, 0.25) is 0 Å². The summed E-state index contributed by atoms with van der Waals surface area (Å²) in [6.07, 6.45) is 1.17. The molecular formula is C29H32N2O3.